The van der Waals surface area contributed by atoms with Crippen LogP contribution in [0, 0.1) is 0 Å². The van der Waals surface area contributed by atoms with E-state index in [4.69, 9.17) is 18.9 Å². The number of ether oxygens (including phenoxy) is 4. The van der Waals surface area contributed by atoms with Crippen molar-refractivity contribution >= 4 is 23.7 Å². The molecule has 0 fully saturated rings. The second-order valence-corrected chi connectivity index (χ2v) is 11.5. The van der Waals surface area contributed by atoms with Crippen molar-refractivity contribution in [2.75, 3.05) is 27.4 Å². The molecule has 0 heterocycles. The molecule has 0 saturated carbocycles. The molecule has 0 aliphatic rings. The summed E-state index contributed by atoms with van der Waals surface area (Å²) in [6, 6.07) is 29.8. The molecule has 250 valence electrons. The van der Waals surface area contributed by atoms with Crippen LogP contribution in [0.1, 0.15) is 83.2 Å². The van der Waals surface area contributed by atoms with Gasteiger partial charge in [0.25, 0.3) is 0 Å². The third-order valence-corrected chi connectivity index (χ3v) is 7.94. The molecule has 6 heteroatoms. The number of carbonyl (C=O) groups excluding carboxylic acids is 2. The third kappa shape index (κ3) is 12.6. The highest BCUT2D eigenvalue weighted by Crippen LogP contribution is 2.18. The third-order valence-electron chi connectivity index (χ3n) is 7.94. The average molecular weight is 647 g/mol. The van der Waals surface area contributed by atoms with Crippen LogP contribution in [-0.2, 0) is 0 Å². The molecular formula is C42H46O6. The number of rotatable bonds is 21. The summed E-state index contributed by atoms with van der Waals surface area (Å²) in [5.41, 5.74) is 3.16. The van der Waals surface area contributed by atoms with Gasteiger partial charge in [-0.25, -0.2) is 0 Å². The zero-order chi connectivity index (χ0) is 33.8. The van der Waals surface area contributed by atoms with Gasteiger partial charge in [0, 0.05) is 11.1 Å². The highest BCUT2D eigenvalue weighted by molar-refractivity contribution is 6.07. The Morgan fingerprint density at radius 2 is 0.750 bits per heavy atom. The summed E-state index contributed by atoms with van der Waals surface area (Å²) in [4.78, 5) is 24.7. The molecular weight excluding hydrogens is 600 g/mol. The first-order chi connectivity index (χ1) is 23.5. The zero-order valence-electron chi connectivity index (χ0n) is 28.1. The number of benzene rings is 4. The van der Waals surface area contributed by atoms with Gasteiger partial charge < -0.3 is 18.9 Å². The normalized spacial score (nSPS) is 11.1. The minimum Gasteiger partial charge on any atom is -0.497 e. The lowest BCUT2D eigenvalue weighted by atomic mass is 10.1. The van der Waals surface area contributed by atoms with E-state index in [2.05, 4.69) is 0 Å². The van der Waals surface area contributed by atoms with E-state index in [0.717, 1.165) is 59.8 Å². The van der Waals surface area contributed by atoms with Gasteiger partial charge in [-0.05, 0) is 109 Å². The summed E-state index contributed by atoms with van der Waals surface area (Å²) in [6.45, 7) is 1.42. The molecule has 0 aromatic heterocycles. The maximum absolute atomic E-state index is 12.4. The van der Waals surface area contributed by atoms with Crippen LogP contribution in [0.3, 0.4) is 0 Å². The van der Waals surface area contributed by atoms with Gasteiger partial charge in [-0.3, -0.25) is 9.59 Å². The number of unbranched alkanes of at least 4 members (excludes halogenated alkanes) is 7. The maximum Gasteiger partial charge on any atom is 0.185 e. The van der Waals surface area contributed by atoms with Crippen molar-refractivity contribution in [1.82, 2.24) is 0 Å². The Hall–Kier alpha value is -5.10. The van der Waals surface area contributed by atoms with Crippen LogP contribution in [0.4, 0.5) is 0 Å². The van der Waals surface area contributed by atoms with E-state index in [1.54, 1.807) is 74.9 Å². The van der Waals surface area contributed by atoms with Gasteiger partial charge in [0.15, 0.2) is 11.6 Å². The molecule has 0 unspecified atom stereocenters. The largest absolute Gasteiger partial charge is 0.497 e. The zero-order valence-corrected chi connectivity index (χ0v) is 28.1. The predicted molar refractivity (Wildman–Crippen MR) is 194 cm³/mol. The maximum atomic E-state index is 12.4. The fourth-order valence-electron chi connectivity index (χ4n) is 5.04. The van der Waals surface area contributed by atoms with E-state index >= 15 is 0 Å². The van der Waals surface area contributed by atoms with Crippen molar-refractivity contribution in [1.29, 1.82) is 0 Å². The Kier molecular flexibility index (Phi) is 15.0. The van der Waals surface area contributed by atoms with Gasteiger partial charge in [0.1, 0.15) is 23.0 Å². The number of methoxy groups -OCH3 is 2. The predicted octanol–water partition coefficient (Wildman–Crippen LogP) is 10.1. The molecule has 6 nitrogen and oxygen atoms in total. The molecule has 0 radical (unpaired) electrons. The lowest BCUT2D eigenvalue weighted by Gasteiger charge is -2.07. The summed E-state index contributed by atoms with van der Waals surface area (Å²) in [5.74, 6) is 3.07. The van der Waals surface area contributed by atoms with Crippen molar-refractivity contribution in [3.63, 3.8) is 0 Å². The van der Waals surface area contributed by atoms with Crippen molar-refractivity contribution in [3.8, 4) is 23.0 Å². The molecule has 4 aromatic rings. The monoisotopic (exact) mass is 646 g/mol. The topological polar surface area (TPSA) is 71.1 Å². The summed E-state index contributed by atoms with van der Waals surface area (Å²) >= 11 is 0. The van der Waals surface area contributed by atoms with Gasteiger partial charge in [0.05, 0.1) is 27.4 Å². The summed E-state index contributed by atoms with van der Waals surface area (Å²) in [6.07, 6.45) is 16.1. The number of allylic oxidation sites excluding steroid dienone is 2. The second kappa shape index (κ2) is 20.2. The van der Waals surface area contributed by atoms with Crippen LogP contribution in [0.15, 0.2) is 109 Å². The Balaban J connectivity index is 0.983. The van der Waals surface area contributed by atoms with Gasteiger partial charge in [-0.15, -0.1) is 0 Å². The minimum atomic E-state index is -0.0440. The molecule has 48 heavy (non-hydrogen) atoms. The fourth-order valence-corrected chi connectivity index (χ4v) is 5.04. The molecule has 0 amide bonds. The Bertz CT molecular complexity index is 1460. The highest BCUT2D eigenvalue weighted by Gasteiger charge is 2.04. The van der Waals surface area contributed by atoms with E-state index in [-0.39, 0.29) is 11.6 Å². The fraction of sp³-hybridized carbons (Fsp3) is 0.286. The molecule has 0 bridgehead atoms. The molecule has 0 aliphatic heterocycles. The Labute approximate surface area is 285 Å². The van der Waals surface area contributed by atoms with Crippen LogP contribution >= 0.6 is 0 Å². The number of ketones is 2. The van der Waals surface area contributed by atoms with Crippen LogP contribution in [-0.4, -0.2) is 39.0 Å². The summed E-state index contributed by atoms with van der Waals surface area (Å²) < 4.78 is 22.1. The van der Waals surface area contributed by atoms with E-state index < -0.39 is 0 Å². The lowest BCUT2D eigenvalue weighted by Crippen LogP contribution is -1.98. The molecule has 0 aliphatic carbocycles. The Morgan fingerprint density at radius 1 is 0.438 bits per heavy atom. The van der Waals surface area contributed by atoms with E-state index in [9.17, 15) is 9.59 Å². The standard InChI is InChI=1S/C42H46O6/c1-45-37-25-17-35(18-26-37)41(43)29-15-33-11-21-39(22-12-33)47-31-9-7-5-3-4-6-8-10-32-48-40-23-13-34(14-24-40)16-30-42(44)36-19-27-38(46-2)28-20-36/h11-30H,3-10,31-32H2,1-2H3/b29-15+,30-16+. The summed E-state index contributed by atoms with van der Waals surface area (Å²) in [7, 11) is 3.21. The van der Waals surface area contributed by atoms with Crippen molar-refractivity contribution in [2.45, 2.75) is 51.4 Å². The first kappa shape index (κ1) is 35.7. The van der Waals surface area contributed by atoms with Crippen LogP contribution < -0.4 is 18.9 Å². The highest BCUT2D eigenvalue weighted by atomic mass is 16.5. The molecule has 0 spiro atoms. The van der Waals surface area contributed by atoms with E-state index in [0.29, 0.717) is 24.3 Å². The molecule has 0 atom stereocenters. The second-order valence-electron chi connectivity index (χ2n) is 11.5. The van der Waals surface area contributed by atoms with Gasteiger partial charge in [-0.2, -0.15) is 0 Å². The first-order valence-electron chi connectivity index (χ1n) is 16.7. The summed E-state index contributed by atoms with van der Waals surface area (Å²) in [5, 5.41) is 0. The van der Waals surface area contributed by atoms with Crippen molar-refractivity contribution in [3.05, 3.63) is 131 Å². The van der Waals surface area contributed by atoms with Gasteiger partial charge in [0.2, 0.25) is 0 Å². The number of hydrogen-bond donors (Lipinski definition) is 0. The van der Waals surface area contributed by atoms with Crippen LogP contribution in [0.25, 0.3) is 12.2 Å². The minimum absolute atomic E-state index is 0.0440. The van der Waals surface area contributed by atoms with Gasteiger partial charge >= 0.3 is 0 Å². The smallest absolute Gasteiger partial charge is 0.185 e. The Morgan fingerprint density at radius 3 is 1.08 bits per heavy atom. The van der Waals surface area contributed by atoms with Crippen molar-refractivity contribution < 1.29 is 28.5 Å². The van der Waals surface area contributed by atoms with Crippen molar-refractivity contribution in [2.24, 2.45) is 0 Å². The SMILES string of the molecule is COc1ccc(C(=O)/C=C/c2ccc(OCCCCCCCCCCOc3ccc(/C=C/C(=O)c4ccc(OC)cc4)cc3)cc2)cc1. The average Bonchev–Trinajstić information content (AvgIpc) is 3.14. The molecule has 0 N–H and O–H groups in total. The van der Waals surface area contributed by atoms with Crippen LogP contribution in [0.5, 0.6) is 23.0 Å². The number of hydrogen-bond acceptors (Lipinski definition) is 6. The van der Waals surface area contributed by atoms with E-state index in [1.807, 2.05) is 60.7 Å². The number of carbonyl (C=O) groups is 2. The molecule has 4 rings (SSSR count). The molecule has 0 saturated heterocycles. The van der Waals surface area contributed by atoms with Crippen LogP contribution in [0.2, 0.25) is 0 Å². The molecule has 4 aromatic carbocycles. The lowest BCUT2D eigenvalue weighted by molar-refractivity contribution is 0.103. The first-order valence-corrected chi connectivity index (χ1v) is 16.7. The van der Waals surface area contributed by atoms with Gasteiger partial charge in [-0.1, -0.05) is 74.9 Å². The quantitative estimate of drug-likeness (QED) is 0.0510. The van der Waals surface area contributed by atoms with E-state index in [1.165, 1.54) is 25.7 Å².